The fourth-order valence-electron chi connectivity index (χ4n) is 2.73. The topological polar surface area (TPSA) is 117 Å². The molecule has 0 saturated carbocycles. The van der Waals surface area contributed by atoms with Crippen LogP contribution in [0.15, 0.2) is 17.2 Å². The van der Waals surface area contributed by atoms with Crippen LogP contribution in [0.25, 0.3) is 5.78 Å². The lowest BCUT2D eigenvalue weighted by molar-refractivity contribution is -0.132. The monoisotopic (exact) mass is 320 g/mol. The number of carboxylic acid groups (broad SMARTS) is 1. The molecule has 23 heavy (non-hydrogen) atoms. The first-order valence-electron chi connectivity index (χ1n) is 7.30. The zero-order valence-corrected chi connectivity index (χ0v) is 12.3. The Morgan fingerprint density at radius 2 is 1.87 bits per heavy atom. The van der Waals surface area contributed by atoms with Gasteiger partial charge < -0.3 is 19.7 Å². The maximum absolute atomic E-state index is 12.3. The van der Waals surface area contributed by atoms with Crippen molar-refractivity contribution in [1.82, 2.24) is 18.9 Å². The first-order valence-corrected chi connectivity index (χ1v) is 7.30. The molecule has 3 rings (SSSR count). The molecular weight excluding hydrogens is 304 g/mol. The summed E-state index contributed by atoms with van der Waals surface area (Å²) in [4.78, 5) is 40.9. The summed E-state index contributed by atoms with van der Waals surface area (Å²) in [6, 6.07) is 0. The molecule has 1 fully saturated rings. The highest BCUT2D eigenvalue weighted by molar-refractivity contribution is 5.88. The Morgan fingerprint density at radius 3 is 2.52 bits per heavy atom. The van der Waals surface area contributed by atoms with Gasteiger partial charge in [0.2, 0.25) is 17.4 Å². The van der Waals surface area contributed by atoms with Gasteiger partial charge >= 0.3 is 11.5 Å². The number of aromatic carboxylic acids is 1. The summed E-state index contributed by atoms with van der Waals surface area (Å²) in [7, 11) is 0. The molecule has 0 bridgehead atoms. The highest BCUT2D eigenvalue weighted by Crippen LogP contribution is 2.13. The summed E-state index contributed by atoms with van der Waals surface area (Å²) >= 11 is 0. The fraction of sp³-hybridized carbons (Fsp3) is 0.429. The molecule has 1 saturated heterocycles. The van der Waals surface area contributed by atoms with E-state index in [9.17, 15) is 19.5 Å². The summed E-state index contributed by atoms with van der Waals surface area (Å²) in [5.74, 6) is -2.52. The molecule has 1 amide bonds. The summed E-state index contributed by atoms with van der Waals surface area (Å²) in [5.41, 5.74) is -1.60. The number of rotatable bonds is 3. The Kier molecular flexibility index (Phi) is 3.77. The van der Waals surface area contributed by atoms with Crippen LogP contribution in [0.1, 0.15) is 29.8 Å². The minimum absolute atomic E-state index is 0.00978. The Hall–Kier alpha value is -2.84. The van der Waals surface area contributed by atoms with E-state index in [1.54, 1.807) is 4.90 Å². The van der Waals surface area contributed by atoms with E-state index in [4.69, 9.17) is 5.11 Å². The molecule has 122 valence electrons. The smallest absolute Gasteiger partial charge is 0.358 e. The molecule has 9 nitrogen and oxygen atoms in total. The van der Waals surface area contributed by atoms with Crippen molar-refractivity contribution in [3.63, 3.8) is 0 Å². The number of aromatic hydroxyl groups is 1. The Morgan fingerprint density at radius 1 is 1.17 bits per heavy atom. The maximum atomic E-state index is 12.3. The van der Waals surface area contributed by atoms with Crippen molar-refractivity contribution < 1.29 is 19.8 Å². The van der Waals surface area contributed by atoms with E-state index in [1.165, 1.54) is 17.0 Å². The summed E-state index contributed by atoms with van der Waals surface area (Å²) in [6.07, 6.45) is 5.85. The lowest BCUT2D eigenvalue weighted by Crippen LogP contribution is -2.37. The summed E-state index contributed by atoms with van der Waals surface area (Å²) in [5, 5.41) is 18.6. The molecule has 3 heterocycles. The van der Waals surface area contributed by atoms with E-state index < -0.39 is 23.0 Å². The van der Waals surface area contributed by atoms with Crippen molar-refractivity contribution in [2.24, 2.45) is 0 Å². The van der Waals surface area contributed by atoms with Gasteiger partial charge in [0.05, 0.1) is 0 Å². The van der Waals surface area contributed by atoms with Crippen LogP contribution in [0.5, 0.6) is 5.75 Å². The van der Waals surface area contributed by atoms with Crippen LogP contribution in [-0.2, 0) is 11.3 Å². The number of fused-ring (bicyclic) bond motifs is 1. The van der Waals surface area contributed by atoms with E-state index in [2.05, 4.69) is 4.98 Å². The van der Waals surface area contributed by atoms with Crippen LogP contribution in [0.4, 0.5) is 0 Å². The molecule has 9 heteroatoms. The second-order valence-corrected chi connectivity index (χ2v) is 5.46. The quantitative estimate of drug-likeness (QED) is 0.816. The third-order valence-electron chi connectivity index (χ3n) is 3.94. The van der Waals surface area contributed by atoms with Crippen LogP contribution >= 0.6 is 0 Å². The van der Waals surface area contributed by atoms with Crippen molar-refractivity contribution >= 4 is 17.7 Å². The first-order chi connectivity index (χ1) is 11.0. The average molecular weight is 320 g/mol. The molecular formula is C14H16N4O5. The van der Waals surface area contributed by atoms with E-state index in [0.717, 1.165) is 23.7 Å². The molecule has 0 radical (unpaired) electrons. The number of aromatic nitrogens is 3. The van der Waals surface area contributed by atoms with Crippen LogP contribution in [0.2, 0.25) is 0 Å². The van der Waals surface area contributed by atoms with Crippen molar-refractivity contribution in [3.05, 3.63) is 28.4 Å². The average Bonchev–Trinajstić information content (AvgIpc) is 2.94. The lowest BCUT2D eigenvalue weighted by Gasteiger charge is -2.26. The van der Waals surface area contributed by atoms with Crippen LogP contribution < -0.4 is 5.56 Å². The second kappa shape index (κ2) is 5.75. The largest absolute Gasteiger partial charge is 0.501 e. The number of imidazole rings is 1. The third-order valence-corrected chi connectivity index (χ3v) is 3.94. The van der Waals surface area contributed by atoms with Gasteiger partial charge in [-0.1, -0.05) is 0 Å². The molecule has 2 aromatic rings. The van der Waals surface area contributed by atoms with Crippen molar-refractivity contribution in [3.8, 4) is 5.75 Å². The molecule has 0 aromatic carbocycles. The Balaban J connectivity index is 1.97. The lowest BCUT2D eigenvalue weighted by atomic mass is 10.1. The Bertz CT molecular complexity index is 832. The van der Waals surface area contributed by atoms with Crippen LogP contribution in [0.3, 0.4) is 0 Å². The van der Waals surface area contributed by atoms with E-state index in [-0.39, 0.29) is 18.2 Å². The van der Waals surface area contributed by atoms with Gasteiger partial charge in [0.15, 0.2) is 5.69 Å². The van der Waals surface area contributed by atoms with Crippen molar-refractivity contribution in [2.45, 2.75) is 25.8 Å². The molecule has 0 spiro atoms. The normalized spacial score (nSPS) is 15.0. The number of carbonyl (C=O) groups excluding carboxylic acids is 1. The molecule has 2 aromatic heterocycles. The van der Waals surface area contributed by atoms with Gasteiger partial charge in [-0.2, -0.15) is 0 Å². The van der Waals surface area contributed by atoms with Gasteiger partial charge in [0, 0.05) is 25.5 Å². The highest BCUT2D eigenvalue weighted by Gasteiger charge is 2.21. The van der Waals surface area contributed by atoms with Gasteiger partial charge in [-0.3, -0.25) is 9.59 Å². The van der Waals surface area contributed by atoms with Gasteiger partial charge in [-0.25, -0.2) is 14.2 Å². The van der Waals surface area contributed by atoms with E-state index in [1.807, 2.05) is 0 Å². The number of likely N-dealkylation sites (tertiary alicyclic amines) is 1. The number of nitrogens with zero attached hydrogens (tertiary/aromatic N) is 4. The SMILES string of the molecule is O=C(O)c1nc2n(CC(=O)N3CCCCC3)ccn2c(=O)c1O. The van der Waals surface area contributed by atoms with Crippen molar-refractivity contribution in [1.29, 1.82) is 0 Å². The van der Waals surface area contributed by atoms with Crippen molar-refractivity contribution in [2.75, 3.05) is 13.1 Å². The zero-order chi connectivity index (χ0) is 16.6. The zero-order valence-electron chi connectivity index (χ0n) is 12.3. The van der Waals surface area contributed by atoms with E-state index >= 15 is 0 Å². The number of carboxylic acids is 1. The summed E-state index contributed by atoms with van der Waals surface area (Å²) < 4.78 is 2.43. The van der Waals surface area contributed by atoms with Gasteiger partial charge in [-0.05, 0) is 19.3 Å². The number of hydrogen-bond donors (Lipinski definition) is 2. The molecule has 2 N–H and O–H groups in total. The molecule has 1 aliphatic heterocycles. The van der Waals surface area contributed by atoms with Crippen LogP contribution in [-0.4, -0.2) is 54.0 Å². The predicted molar refractivity (Wildman–Crippen MR) is 78.5 cm³/mol. The van der Waals surface area contributed by atoms with Gasteiger partial charge in [-0.15, -0.1) is 0 Å². The van der Waals surface area contributed by atoms with Gasteiger partial charge in [0.1, 0.15) is 6.54 Å². The molecule has 0 aliphatic carbocycles. The second-order valence-electron chi connectivity index (χ2n) is 5.46. The minimum Gasteiger partial charge on any atom is -0.501 e. The Labute approximate surface area is 130 Å². The highest BCUT2D eigenvalue weighted by atomic mass is 16.4. The predicted octanol–water partition coefficient (Wildman–Crippen LogP) is -0.0877. The maximum Gasteiger partial charge on any atom is 0.358 e. The molecule has 1 aliphatic rings. The van der Waals surface area contributed by atoms with Crippen LogP contribution in [0, 0.1) is 0 Å². The summed E-state index contributed by atoms with van der Waals surface area (Å²) in [6.45, 7) is 1.37. The van der Waals surface area contributed by atoms with Gasteiger partial charge in [0.25, 0.3) is 0 Å². The molecule has 0 atom stereocenters. The van der Waals surface area contributed by atoms with E-state index in [0.29, 0.717) is 13.1 Å². The molecule has 0 unspecified atom stereocenters. The number of piperidine rings is 1. The minimum atomic E-state index is -1.50. The number of amides is 1. The third kappa shape index (κ3) is 2.65. The standard InChI is InChI=1S/C14H16N4O5/c19-9(16-4-2-1-3-5-16)8-17-6-7-18-12(21)11(20)10(13(22)23)15-14(17)18/h6-7,20H,1-5,8H2,(H,22,23). The first kappa shape index (κ1) is 15.1. The number of hydrogen-bond acceptors (Lipinski definition) is 5. The fourth-order valence-corrected chi connectivity index (χ4v) is 2.73. The number of carbonyl (C=O) groups is 2.